The van der Waals surface area contributed by atoms with Crippen molar-refractivity contribution in [3.63, 3.8) is 0 Å². The van der Waals surface area contributed by atoms with Crippen molar-refractivity contribution in [3.05, 3.63) is 83.9 Å². The van der Waals surface area contributed by atoms with E-state index in [1.165, 1.54) is 6.21 Å². The van der Waals surface area contributed by atoms with Crippen molar-refractivity contribution in [2.45, 2.75) is 33.3 Å². The van der Waals surface area contributed by atoms with E-state index in [4.69, 9.17) is 14.2 Å². The summed E-state index contributed by atoms with van der Waals surface area (Å²) in [4.78, 5) is 24.2. The molecule has 2 N–H and O–H groups in total. The topological polar surface area (TPSA) is 98.2 Å². The molecule has 0 atom stereocenters. The molecule has 0 saturated carbocycles. The highest BCUT2D eigenvalue weighted by Crippen LogP contribution is 2.29. The van der Waals surface area contributed by atoms with Crippen molar-refractivity contribution in [3.8, 4) is 17.2 Å². The summed E-state index contributed by atoms with van der Waals surface area (Å²) in [6, 6.07) is 22.4. The Labute approximate surface area is 211 Å². The van der Waals surface area contributed by atoms with E-state index in [0.717, 1.165) is 16.9 Å². The number of anilines is 1. The molecular formula is C28H31N3O5. The maximum atomic E-state index is 12.1. The molecule has 0 aromatic heterocycles. The Hall–Kier alpha value is -4.33. The normalized spacial score (nSPS) is 10.6. The van der Waals surface area contributed by atoms with Gasteiger partial charge in [-0.3, -0.25) is 9.59 Å². The van der Waals surface area contributed by atoms with Crippen LogP contribution in [0.3, 0.4) is 0 Å². The molecule has 0 aliphatic heterocycles. The standard InChI is InChI=1S/C28H31N3O5/c1-3-34-24-13-11-23(12-14-24)30-27(32)16-17-28(33)31-29-19-22-10-15-25(26(18-22)35-4-2)36-20-21-8-6-5-7-9-21/h5-15,18-19H,3-4,16-17,20H2,1-2H3,(H,30,32)(H,31,33). The fraction of sp³-hybridized carbons (Fsp3) is 0.250. The molecular weight excluding hydrogens is 458 g/mol. The first kappa shape index (κ1) is 26.3. The number of carbonyl (C=O) groups is 2. The molecule has 3 aromatic carbocycles. The van der Waals surface area contributed by atoms with Gasteiger partial charge in [0.05, 0.1) is 19.4 Å². The molecule has 0 spiro atoms. The lowest BCUT2D eigenvalue weighted by Gasteiger charge is -2.12. The summed E-state index contributed by atoms with van der Waals surface area (Å²) < 4.78 is 17.0. The Morgan fingerprint density at radius 1 is 0.806 bits per heavy atom. The summed E-state index contributed by atoms with van der Waals surface area (Å²) >= 11 is 0. The van der Waals surface area contributed by atoms with Crippen molar-refractivity contribution >= 4 is 23.7 Å². The molecule has 188 valence electrons. The molecule has 0 radical (unpaired) electrons. The lowest BCUT2D eigenvalue weighted by Crippen LogP contribution is -2.20. The van der Waals surface area contributed by atoms with E-state index in [2.05, 4.69) is 15.8 Å². The fourth-order valence-electron chi connectivity index (χ4n) is 3.21. The first-order chi connectivity index (χ1) is 17.6. The third kappa shape index (κ3) is 8.79. The quantitative estimate of drug-likeness (QED) is 0.262. The summed E-state index contributed by atoms with van der Waals surface area (Å²) in [7, 11) is 0. The first-order valence-electron chi connectivity index (χ1n) is 11.9. The maximum Gasteiger partial charge on any atom is 0.240 e. The molecule has 2 amide bonds. The van der Waals surface area contributed by atoms with Gasteiger partial charge in [-0.1, -0.05) is 30.3 Å². The number of hydrazone groups is 1. The van der Waals surface area contributed by atoms with Gasteiger partial charge in [0.1, 0.15) is 12.4 Å². The average molecular weight is 490 g/mol. The number of benzene rings is 3. The smallest absolute Gasteiger partial charge is 0.240 e. The highest BCUT2D eigenvalue weighted by atomic mass is 16.5. The number of ether oxygens (including phenoxy) is 3. The monoisotopic (exact) mass is 489 g/mol. The van der Waals surface area contributed by atoms with Crippen LogP contribution >= 0.6 is 0 Å². The predicted octanol–water partition coefficient (Wildman–Crippen LogP) is 4.93. The van der Waals surface area contributed by atoms with Crippen molar-refractivity contribution in [2.75, 3.05) is 18.5 Å². The second kappa shape index (κ2) is 14.2. The number of carbonyl (C=O) groups excluding carboxylic acids is 2. The van der Waals surface area contributed by atoms with E-state index in [1.807, 2.05) is 56.3 Å². The molecule has 8 nitrogen and oxygen atoms in total. The zero-order valence-electron chi connectivity index (χ0n) is 20.5. The zero-order valence-corrected chi connectivity index (χ0v) is 20.5. The molecule has 0 saturated heterocycles. The summed E-state index contributed by atoms with van der Waals surface area (Å²) in [5.41, 5.74) is 4.88. The molecule has 0 unspecified atom stereocenters. The van der Waals surface area contributed by atoms with Crippen molar-refractivity contribution < 1.29 is 23.8 Å². The predicted molar refractivity (Wildman–Crippen MR) is 140 cm³/mol. The number of hydrogen-bond acceptors (Lipinski definition) is 6. The second-order valence-corrected chi connectivity index (χ2v) is 7.71. The first-order valence-corrected chi connectivity index (χ1v) is 11.9. The zero-order chi connectivity index (χ0) is 25.6. The van der Waals surface area contributed by atoms with E-state index >= 15 is 0 Å². The van der Waals surface area contributed by atoms with E-state index in [0.29, 0.717) is 37.0 Å². The van der Waals surface area contributed by atoms with Crippen LogP contribution in [0.15, 0.2) is 77.9 Å². The SMILES string of the molecule is CCOc1ccc(NC(=O)CCC(=O)NN=Cc2ccc(OCc3ccccc3)c(OCC)c2)cc1. The largest absolute Gasteiger partial charge is 0.494 e. The molecule has 36 heavy (non-hydrogen) atoms. The lowest BCUT2D eigenvalue weighted by atomic mass is 10.2. The van der Waals surface area contributed by atoms with Crippen LogP contribution in [0.25, 0.3) is 0 Å². The van der Waals surface area contributed by atoms with Crippen molar-refractivity contribution in [1.82, 2.24) is 5.43 Å². The van der Waals surface area contributed by atoms with Gasteiger partial charge in [0.25, 0.3) is 0 Å². The van der Waals surface area contributed by atoms with Gasteiger partial charge in [-0.05, 0) is 67.4 Å². The van der Waals surface area contributed by atoms with Crippen LogP contribution in [0.4, 0.5) is 5.69 Å². The Kier molecular flexibility index (Phi) is 10.3. The van der Waals surface area contributed by atoms with Gasteiger partial charge in [-0.15, -0.1) is 0 Å². The molecule has 0 aliphatic rings. The van der Waals surface area contributed by atoms with Crippen molar-refractivity contribution in [2.24, 2.45) is 5.10 Å². The lowest BCUT2D eigenvalue weighted by molar-refractivity contribution is -0.124. The third-order valence-electron chi connectivity index (χ3n) is 4.94. The van der Waals surface area contributed by atoms with E-state index in [-0.39, 0.29) is 24.7 Å². The summed E-state index contributed by atoms with van der Waals surface area (Å²) in [6.45, 7) is 5.29. The molecule has 0 bridgehead atoms. The van der Waals surface area contributed by atoms with Gasteiger partial charge in [0.15, 0.2) is 11.5 Å². The van der Waals surface area contributed by atoms with Crippen LogP contribution in [0.1, 0.15) is 37.8 Å². The van der Waals surface area contributed by atoms with Crippen LogP contribution < -0.4 is 25.0 Å². The van der Waals surface area contributed by atoms with E-state index < -0.39 is 0 Å². The highest BCUT2D eigenvalue weighted by Gasteiger charge is 2.08. The Bertz CT molecular complexity index is 1150. The maximum absolute atomic E-state index is 12.1. The van der Waals surface area contributed by atoms with Gasteiger partial charge >= 0.3 is 0 Å². The second-order valence-electron chi connectivity index (χ2n) is 7.71. The molecule has 8 heteroatoms. The van der Waals surface area contributed by atoms with Gasteiger partial charge in [-0.25, -0.2) is 5.43 Å². The summed E-state index contributed by atoms with van der Waals surface area (Å²) in [5, 5.41) is 6.74. The third-order valence-corrected chi connectivity index (χ3v) is 4.94. The highest BCUT2D eigenvalue weighted by molar-refractivity contribution is 5.93. The minimum absolute atomic E-state index is 0.0106. The molecule has 3 rings (SSSR count). The van der Waals surface area contributed by atoms with Crippen LogP contribution in [0, 0.1) is 0 Å². The fourth-order valence-corrected chi connectivity index (χ4v) is 3.21. The van der Waals surface area contributed by atoms with Crippen LogP contribution in [-0.2, 0) is 16.2 Å². The Morgan fingerprint density at radius 2 is 1.53 bits per heavy atom. The number of nitrogens with one attached hydrogen (secondary N) is 2. The average Bonchev–Trinajstić information content (AvgIpc) is 2.89. The summed E-state index contributed by atoms with van der Waals surface area (Å²) in [6.07, 6.45) is 1.56. The number of nitrogens with zero attached hydrogens (tertiary/aromatic N) is 1. The van der Waals surface area contributed by atoms with E-state index in [1.54, 1.807) is 30.3 Å². The minimum atomic E-state index is -0.360. The number of rotatable bonds is 13. The van der Waals surface area contributed by atoms with Crippen LogP contribution in [0.2, 0.25) is 0 Å². The van der Waals surface area contributed by atoms with Gasteiger partial charge < -0.3 is 19.5 Å². The van der Waals surface area contributed by atoms with Gasteiger partial charge in [0.2, 0.25) is 11.8 Å². The van der Waals surface area contributed by atoms with Gasteiger partial charge in [-0.2, -0.15) is 5.10 Å². The Morgan fingerprint density at radius 3 is 2.25 bits per heavy atom. The van der Waals surface area contributed by atoms with Gasteiger partial charge in [0, 0.05) is 18.5 Å². The molecule has 3 aromatic rings. The molecule has 0 heterocycles. The molecule has 0 aliphatic carbocycles. The van der Waals surface area contributed by atoms with Crippen LogP contribution in [-0.4, -0.2) is 31.2 Å². The molecule has 0 fully saturated rings. The minimum Gasteiger partial charge on any atom is -0.494 e. The van der Waals surface area contributed by atoms with E-state index in [9.17, 15) is 9.59 Å². The number of amides is 2. The van der Waals surface area contributed by atoms with Crippen molar-refractivity contribution in [1.29, 1.82) is 0 Å². The van der Waals surface area contributed by atoms with Crippen LogP contribution in [0.5, 0.6) is 17.2 Å². The Balaban J connectivity index is 1.45. The number of hydrogen-bond donors (Lipinski definition) is 2. The summed E-state index contributed by atoms with van der Waals surface area (Å²) in [5.74, 6) is 1.33.